The highest BCUT2D eigenvalue weighted by Crippen LogP contribution is 2.23. The van der Waals surface area contributed by atoms with Crippen LogP contribution in [0, 0.1) is 0 Å². The van der Waals surface area contributed by atoms with E-state index in [9.17, 15) is 4.79 Å². The quantitative estimate of drug-likeness (QED) is 0.896. The molecule has 1 aliphatic rings. The summed E-state index contributed by atoms with van der Waals surface area (Å²) in [5, 5.41) is 4.11. The molecule has 0 aliphatic carbocycles. The third-order valence-corrected chi connectivity index (χ3v) is 3.60. The molecule has 0 unspecified atom stereocenters. The van der Waals surface area contributed by atoms with Crippen molar-refractivity contribution in [1.29, 1.82) is 0 Å². The maximum atomic E-state index is 11.5. The van der Waals surface area contributed by atoms with Crippen molar-refractivity contribution >= 4 is 29.1 Å². The highest BCUT2D eigenvalue weighted by molar-refractivity contribution is 6.35. The molecule has 0 spiro atoms. The molecule has 0 radical (unpaired) electrons. The summed E-state index contributed by atoms with van der Waals surface area (Å²) in [6, 6.07) is 5.34. The highest BCUT2D eigenvalue weighted by Gasteiger charge is 2.25. The number of hydrogen-bond acceptors (Lipinski definition) is 2. The van der Waals surface area contributed by atoms with E-state index < -0.39 is 0 Å². The average Bonchev–Trinajstić information content (AvgIpc) is 2.28. The van der Waals surface area contributed by atoms with E-state index in [1.165, 1.54) is 0 Å². The number of nitrogens with one attached hydrogen (secondary N) is 1. The summed E-state index contributed by atoms with van der Waals surface area (Å²) < 4.78 is 0. The van der Waals surface area contributed by atoms with E-state index in [-0.39, 0.29) is 11.9 Å². The predicted octanol–water partition coefficient (Wildman–Crippen LogP) is 2.31. The molecule has 2 rings (SSSR count). The minimum atomic E-state index is -0.115. The van der Waals surface area contributed by atoms with Crippen molar-refractivity contribution in [2.45, 2.75) is 19.5 Å². The van der Waals surface area contributed by atoms with Crippen molar-refractivity contribution in [3.8, 4) is 0 Å². The van der Waals surface area contributed by atoms with Gasteiger partial charge in [-0.15, -0.1) is 0 Å². The Balaban J connectivity index is 2.12. The number of benzene rings is 1. The Morgan fingerprint density at radius 2 is 2.24 bits per heavy atom. The zero-order valence-corrected chi connectivity index (χ0v) is 11.1. The zero-order valence-electron chi connectivity index (χ0n) is 9.54. The summed E-state index contributed by atoms with van der Waals surface area (Å²) in [5.74, 6) is 0.0707. The molecule has 1 aliphatic heterocycles. The second-order valence-corrected chi connectivity index (χ2v) is 5.02. The second-order valence-electron chi connectivity index (χ2n) is 4.17. The van der Waals surface area contributed by atoms with Crippen LogP contribution in [0.5, 0.6) is 0 Å². The lowest BCUT2D eigenvalue weighted by molar-refractivity contribution is -0.128. The van der Waals surface area contributed by atoms with E-state index in [0.717, 1.165) is 12.1 Å². The molecule has 1 saturated heterocycles. The Bertz CT molecular complexity index is 437. The molecule has 17 heavy (non-hydrogen) atoms. The number of carbonyl (C=O) groups excluding carboxylic acids is 1. The average molecular weight is 273 g/mol. The lowest BCUT2D eigenvalue weighted by atomic mass is 10.1. The summed E-state index contributed by atoms with van der Waals surface area (Å²) in [4.78, 5) is 13.6. The van der Waals surface area contributed by atoms with Crippen LogP contribution in [-0.2, 0) is 11.3 Å². The highest BCUT2D eigenvalue weighted by atomic mass is 35.5. The van der Waals surface area contributed by atoms with Crippen LogP contribution in [0.4, 0.5) is 0 Å². The van der Waals surface area contributed by atoms with Crippen LogP contribution < -0.4 is 5.32 Å². The fourth-order valence-corrected chi connectivity index (χ4v) is 2.38. The van der Waals surface area contributed by atoms with Gasteiger partial charge in [-0.05, 0) is 24.6 Å². The third kappa shape index (κ3) is 2.92. The Hall–Kier alpha value is -0.770. The molecule has 1 amide bonds. The Kier molecular flexibility index (Phi) is 3.92. The molecule has 92 valence electrons. The molecule has 0 saturated carbocycles. The van der Waals surface area contributed by atoms with Gasteiger partial charge in [0.15, 0.2) is 0 Å². The molecule has 1 aromatic carbocycles. The maximum absolute atomic E-state index is 11.5. The van der Waals surface area contributed by atoms with Crippen LogP contribution in [0.3, 0.4) is 0 Å². The standard InChI is InChI=1S/C12H14Cl2N2O/c1-8-12(17)15-4-5-16(8)7-9-2-3-10(13)6-11(9)14/h2-3,6,8H,4-5,7H2,1H3,(H,15,17)/t8-/m1/s1. The Labute approximate surface area is 111 Å². The lowest BCUT2D eigenvalue weighted by Gasteiger charge is -2.32. The molecule has 1 N–H and O–H groups in total. The summed E-state index contributed by atoms with van der Waals surface area (Å²) in [5.41, 5.74) is 0.998. The van der Waals surface area contributed by atoms with Crippen molar-refractivity contribution in [1.82, 2.24) is 10.2 Å². The van der Waals surface area contributed by atoms with Crippen molar-refractivity contribution < 1.29 is 4.79 Å². The maximum Gasteiger partial charge on any atom is 0.237 e. The van der Waals surface area contributed by atoms with Gasteiger partial charge in [0.05, 0.1) is 6.04 Å². The molecular weight excluding hydrogens is 259 g/mol. The van der Waals surface area contributed by atoms with Crippen LogP contribution in [0.2, 0.25) is 10.0 Å². The van der Waals surface area contributed by atoms with Gasteiger partial charge in [-0.3, -0.25) is 9.69 Å². The number of nitrogens with zero attached hydrogens (tertiary/aromatic N) is 1. The van der Waals surface area contributed by atoms with E-state index in [1.54, 1.807) is 6.07 Å². The topological polar surface area (TPSA) is 32.3 Å². The van der Waals surface area contributed by atoms with Gasteiger partial charge in [0.25, 0.3) is 0 Å². The monoisotopic (exact) mass is 272 g/mol. The van der Waals surface area contributed by atoms with Crippen molar-refractivity contribution in [2.24, 2.45) is 0 Å². The van der Waals surface area contributed by atoms with Gasteiger partial charge in [-0.25, -0.2) is 0 Å². The van der Waals surface area contributed by atoms with Gasteiger partial charge in [-0.2, -0.15) is 0 Å². The van der Waals surface area contributed by atoms with Gasteiger partial charge >= 0.3 is 0 Å². The van der Waals surface area contributed by atoms with E-state index in [1.807, 2.05) is 19.1 Å². The minimum Gasteiger partial charge on any atom is -0.353 e. The van der Waals surface area contributed by atoms with Gasteiger partial charge in [0.1, 0.15) is 0 Å². The van der Waals surface area contributed by atoms with Gasteiger partial charge in [-0.1, -0.05) is 29.3 Å². The molecule has 1 aromatic rings. The molecule has 3 nitrogen and oxygen atoms in total. The predicted molar refractivity (Wildman–Crippen MR) is 69.3 cm³/mol. The summed E-state index contributed by atoms with van der Waals surface area (Å²) in [7, 11) is 0. The zero-order chi connectivity index (χ0) is 12.4. The second kappa shape index (κ2) is 5.25. The van der Waals surface area contributed by atoms with Crippen LogP contribution in [0.1, 0.15) is 12.5 Å². The van der Waals surface area contributed by atoms with Gasteiger partial charge in [0.2, 0.25) is 5.91 Å². The molecule has 1 fully saturated rings. The summed E-state index contributed by atoms with van der Waals surface area (Å²) in [6.45, 7) is 4.10. The van der Waals surface area contributed by atoms with Crippen molar-refractivity contribution in [3.05, 3.63) is 33.8 Å². The lowest BCUT2D eigenvalue weighted by Crippen LogP contribution is -2.53. The van der Waals surface area contributed by atoms with Gasteiger partial charge in [0, 0.05) is 29.7 Å². The smallest absolute Gasteiger partial charge is 0.237 e. The van der Waals surface area contributed by atoms with E-state index in [4.69, 9.17) is 23.2 Å². The first-order chi connectivity index (χ1) is 8.08. The SMILES string of the molecule is C[C@@H]1C(=O)NCCN1Cc1ccc(Cl)cc1Cl. The minimum absolute atomic E-state index is 0.0707. The number of rotatable bonds is 2. The number of carbonyl (C=O) groups is 1. The molecule has 0 aromatic heterocycles. The van der Waals surface area contributed by atoms with Crippen LogP contribution in [0.25, 0.3) is 0 Å². The van der Waals surface area contributed by atoms with Crippen molar-refractivity contribution in [2.75, 3.05) is 13.1 Å². The number of piperazine rings is 1. The van der Waals surface area contributed by atoms with E-state index in [2.05, 4.69) is 10.2 Å². The first-order valence-corrected chi connectivity index (χ1v) is 6.29. The summed E-state index contributed by atoms with van der Waals surface area (Å²) in [6.07, 6.45) is 0. The Morgan fingerprint density at radius 1 is 1.47 bits per heavy atom. The third-order valence-electron chi connectivity index (χ3n) is 3.01. The first kappa shape index (κ1) is 12.7. The number of hydrogen-bond donors (Lipinski definition) is 1. The van der Waals surface area contributed by atoms with Crippen LogP contribution >= 0.6 is 23.2 Å². The molecular formula is C12H14Cl2N2O. The summed E-state index contributed by atoms with van der Waals surface area (Å²) >= 11 is 12.0. The Morgan fingerprint density at radius 3 is 2.94 bits per heavy atom. The molecule has 0 bridgehead atoms. The van der Waals surface area contributed by atoms with Gasteiger partial charge < -0.3 is 5.32 Å². The van der Waals surface area contributed by atoms with E-state index in [0.29, 0.717) is 23.1 Å². The molecule has 1 heterocycles. The number of halogens is 2. The van der Waals surface area contributed by atoms with E-state index >= 15 is 0 Å². The fourth-order valence-electron chi connectivity index (χ4n) is 1.91. The normalized spacial score (nSPS) is 21.4. The molecule has 5 heteroatoms. The van der Waals surface area contributed by atoms with Crippen molar-refractivity contribution in [3.63, 3.8) is 0 Å². The first-order valence-electron chi connectivity index (χ1n) is 5.53. The largest absolute Gasteiger partial charge is 0.353 e. The number of amides is 1. The van der Waals surface area contributed by atoms with Crippen LogP contribution in [0.15, 0.2) is 18.2 Å². The fraction of sp³-hybridized carbons (Fsp3) is 0.417. The molecule has 1 atom stereocenters. The van der Waals surface area contributed by atoms with Crippen LogP contribution in [-0.4, -0.2) is 29.9 Å².